The van der Waals surface area contributed by atoms with Crippen LogP contribution in [0.3, 0.4) is 0 Å². The highest BCUT2D eigenvalue weighted by Crippen LogP contribution is 2.52. The smallest absolute Gasteiger partial charge is 0.0991 e. The third-order valence-corrected chi connectivity index (χ3v) is 6.50. The number of nitriles is 1. The summed E-state index contributed by atoms with van der Waals surface area (Å²) in [6.45, 7) is 4.05. The number of allylic oxidation sites excluding steroid dienone is 1. The Hall–Kier alpha value is -1.55. The van der Waals surface area contributed by atoms with Gasteiger partial charge in [0.15, 0.2) is 0 Å². The summed E-state index contributed by atoms with van der Waals surface area (Å²) < 4.78 is 0. The van der Waals surface area contributed by atoms with E-state index in [1.165, 1.54) is 69.8 Å². The highest BCUT2D eigenvalue weighted by atomic mass is 14.4. The maximum absolute atomic E-state index is 8.94. The molecule has 3 rings (SSSR count). The number of benzene rings is 1. The normalized spacial score (nSPS) is 27.1. The summed E-state index contributed by atoms with van der Waals surface area (Å²) >= 11 is 0. The van der Waals surface area contributed by atoms with Gasteiger partial charge in [0.05, 0.1) is 11.6 Å². The van der Waals surface area contributed by atoms with E-state index in [4.69, 9.17) is 5.26 Å². The third kappa shape index (κ3) is 3.52. The Morgan fingerprint density at radius 2 is 1.70 bits per heavy atom. The van der Waals surface area contributed by atoms with Crippen molar-refractivity contribution in [2.45, 2.75) is 70.1 Å². The number of hydrogen-bond donors (Lipinski definition) is 0. The van der Waals surface area contributed by atoms with Crippen LogP contribution in [0.25, 0.3) is 0 Å². The summed E-state index contributed by atoms with van der Waals surface area (Å²) in [6.07, 6.45) is 15.9. The van der Waals surface area contributed by atoms with Crippen LogP contribution in [0.1, 0.15) is 81.3 Å². The minimum absolute atomic E-state index is 0.565. The van der Waals surface area contributed by atoms with Crippen LogP contribution in [0, 0.1) is 22.7 Å². The first-order valence-electron chi connectivity index (χ1n) is 9.38. The van der Waals surface area contributed by atoms with Crippen LogP contribution in [0.15, 0.2) is 36.9 Å². The summed E-state index contributed by atoms with van der Waals surface area (Å²) in [6, 6.07) is 10.5. The van der Waals surface area contributed by atoms with Crippen LogP contribution in [-0.4, -0.2) is 0 Å². The van der Waals surface area contributed by atoms with Gasteiger partial charge in [-0.15, -0.1) is 6.58 Å². The minimum Gasteiger partial charge on any atom is -0.192 e. The molecule has 0 spiro atoms. The van der Waals surface area contributed by atoms with Gasteiger partial charge in [-0.25, -0.2) is 0 Å². The van der Waals surface area contributed by atoms with Crippen molar-refractivity contribution < 1.29 is 0 Å². The molecule has 0 N–H and O–H groups in total. The van der Waals surface area contributed by atoms with Gasteiger partial charge in [-0.3, -0.25) is 0 Å². The van der Waals surface area contributed by atoms with Crippen molar-refractivity contribution in [1.29, 1.82) is 5.26 Å². The zero-order chi connectivity index (χ0) is 16.1. The van der Waals surface area contributed by atoms with E-state index in [9.17, 15) is 0 Å². The quantitative estimate of drug-likeness (QED) is 0.594. The third-order valence-electron chi connectivity index (χ3n) is 6.50. The molecule has 1 aromatic carbocycles. The van der Waals surface area contributed by atoms with Crippen LogP contribution in [0.2, 0.25) is 0 Å². The Morgan fingerprint density at radius 1 is 1.04 bits per heavy atom. The molecule has 0 aliphatic heterocycles. The molecular formula is C22H29N. The highest BCUT2D eigenvalue weighted by Gasteiger charge is 2.40. The van der Waals surface area contributed by atoms with E-state index in [-0.39, 0.29) is 0 Å². The van der Waals surface area contributed by atoms with Gasteiger partial charge in [-0.1, -0.05) is 37.5 Å². The molecule has 1 heteroatoms. The largest absolute Gasteiger partial charge is 0.192 e. The van der Waals surface area contributed by atoms with Gasteiger partial charge in [0.1, 0.15) is 0 Å². The predicted molar refractivity (Wildman–Crippen MR) is 96.2 cm³/mol. The lowest BCUT2D eigenvalue weighted by molar-refractivity contribution is 0.0657. The number of nitrogens with zero attached hydrogens (tertiary/aromatic N) is 1. The molecule has 0 saturated heterocycles. The van der Waals surface area contributed by atoms with Crippen LogP contribution >= 0.6 is 0 Å². The fraction of sp³-hybridized carbons (Fsp3) is 0.591. The van der Waals surface area contributed by atoms with E-state index >= 15 is 0 Å². The van der Waals surface area contributed by atoms with Crippen molar-refractivity contribution in [3.8, 4) is 6.07 Å². The van der Waals surface area contributed by atoms with E-state index in [1.54, 1.807) is 0 Å². The lowest BCUT2D eigenvalue weighted by atomic mass is 9.59. The standard InChI is InChI=1S/C22H29N/c1-2-14-22(15-4-3-5-16-22)21-12-10-20(11-13-21)19-8-6-18(17-23)7-9-19/h2,6-9,20-21H,1,3-5,10-16H2. The molecule has 0 heterocycles. The van der Waals surface area contributed by atoms with E-state index < -0.39 is 0 Å². The molecule has 23 heavy (non-hydrogen) atoms. The second kappa shape index (κ2) is 7.35. The molecule has 0 amide bonds. The van der Waals surface area contributed by atoms with E-state index in [2.05, 4.69) is 30.9 Å². The number of hydrogen-bond acceptors (Lipinski definition) is 1. The Morgan fingerprint density at radius 3 is 2.26 bits per heavy atom. The fourth-order valence-corrected chi connectivity index (χ4v) is 5.19. The van der Waals surface area contributed by atoms with E-state index in [1.807, 2.05) is 12.1 Å². The van der Waals surface area contributed by atoms with Crippen molar-refractivity contribution in [3.05, 3.63) is 48.0 Å². The second-order valence-corrected chi connectivity index (χ2v) is 7.70. The summed E-state index contributed by atoms with van der Waals surface area (Å²) in [5.41, 5.74) is 2.77. The summed E-state index contributed by atoms with van der Waals surface area (Å²) in [5, 5.41) is 8.94. The second-order valence-electron chi connectivity index (χ2n) is 7.70. The summed E-state index contributed by atoms with van der Waals surface area (Å²) in [4.78, 5) is 0. The Bertz CT molecular complexity index is 549. The molecule has 2 fully saturated rings. The molecule has 0 aromatic heterocycles. The van der Waals surface area contributed by atoms with Gasteiger partial charge >= 0.3 is 0 Å². The van der Waals surface area contributed by atoms with Crippen molar-refractivity contribution in [3.63, 3.8) is 0 Å². The first-order valence-corrected chi connectivity index (χ1v) is 9.38. The average Bonchev–Trinajstić information content (AvgIpc) is 2.63. The Balaban J connectivity index is 1.64. The van der Waals surface area contributed by atoms with Crippen molar-refractivity contribution >= 4 is 0 Å². The zero-order valence-corrected chi connectivity index (χ0v) is 14.3. The lowest BCUT2D eigenvalue weighted by Crippen LogP contribution is -2.35. The molecule has 1 nitrogen and oxygen atoms in total. The lowest BCUT2D eigenvalue weighted by Gasteiger charge is -2.46. The van der Waals surface area contributed by atoms with Gasteiger partial charge in [0.2, 0.25) is 0 Å². The van der Waals surface area contributed by atoms with Crippen molar-refractivity contribution in [2.24, 2.45) is 11.3 Å². The van der Waals surface area contributed by atoms with E-state index in [0.29, 0.717) is 11.3 Å². The molecule has 122 valence electrons. The van der Waals surface area contributed by atoms with Crippen LogP contribution < -0.4 is 0 Å². The average molecular weight is 307 g/mol. The topological polar surface area (TPSA) is 23.8 Å². The highest BCUT2D eigenvalue weighted by molar-refractivity contribution is 5.33. The van der Waals surface area contributed by atoms with Gasteiger partial charge in [0, 0.05) is 0 Å². The minimum atomic E-state index is 0.565. The first-order chi connectivity index (χ1) is 11.3. The molecule has 2 aliphatic rings. The van der Waals surface area contributed by atoms with Crippen molar-refractivity contribution in [1.82, 2.24) is 0 Å². The van der Waals surface area contributed by atoms with Crippen LogP contribution in [-0.2, 0) is 0 Å². The Labute approximate surface area is 141 Å². The fourth-order valence-electron chi connectivity index (χ4n) is 5.19. The predicted octanol–water partition coefficient (Wildman–Crippen LogP) is 6.36. The summed E-state index contributed by atoms with van der Waals surface area (Å²) in [7, 11) is 0. The Kier molecular flexibility index (Phi) is 5.21. The molecule has 2 aliphatic carbocycles. The van der Waals surface area contributed by atoms with Crippen LogP contribution in [0.5, 0.6) is 0 Å². The summed E-state index contributed by atoms with van der Waals surface area (Å²) in [5.74, 6) is 1.60. The molecule has 1 aromatic rings. The number of rotatable bonds is 4. The molecule has 0 atom stereocenters. The van der Waals surface area contributed by atoms with Gasteiger partial charge < -0.3 is 0 Å². The van der Waals surface area contributed by atoms with Gasteiger partial charge in [0.25, 0.3) is 0 Å². The van der Waals surface area contributed by atoms with Gasteiger partial charge in [-0.2, -0.15) is 5.26 Å². The maximum Gasteiger partial charge on any atom is 0.0991 e. The maximum atomic E-state index is 8.94. The van der Waals surface area contributed by atoms with E-state index in [0.717, 1.165) is 11.5 Å². The molecule has 2 saturated carbocycles. The first kappa shape index (κ1) is 16.3. The molecule has 0 radical (unpaired) electrons. The van der Waals surface area contributed by atoms with Gasteiger partial charge in [-0.05, 0) is 79.9 Å². The molecule has 0 unspecified atom stereocenters. The van der Waals surface area contributed by atoms with Crippen LogP contribution in [0.4, 0.5) is 0 Å². The SMILES string of the molecule is C=CCC1(C2CCC(c3ccc(C#N)cc3)CC2)CCCCC1. The molecule has 0 bridgehead atoms. The molecular weight excluding hydrogens is 278 g/mol. The van der Waals surface area contributed by atoms with Crippen molar-refractivity contribution in [2.75, 3.05) is 0 Å². The monoisotopic (exact) mass is 307 g/mol. The zero-order valence-electron chi connectivity index (χ0n) is 14.3.